The molecule has 0 atom stereocenters. The summed E-state index contributed by atoms with van der Waals surface area (Å²) >= 11 is 3.51. The van der Waals surface area contributed by atoms with Crippen LogP contribution in [0.4, 0.5) is 5.82 Å². The summed E-state index contributed by atoms with van der Waals surface area (Å²) in [6.07, 6.45) is 0. The average Bonchev–Trinajstić information content (AvgIpc) is 2.39. The lowest BCUT2D eigenvalue weighted by Gasteiger charge is -2.29. The molecule has 1 aromatic heterocycles. The Labute approximate surface area is 127 Å². The van der Waals surface area contributed by atoms with Crippen molar-refractivity contribution >= 4 is 45.1 Å². The number of anilines is 1. The predicted octanol–water partition coefficient (Wildman–Crippen LogP) is 3.14. The van der Waals surface area contributed by atoms with E-state index in [1.54, 1.807) is 0 Å². The minimum absolute atomic E-state index is 0. The van der Waals surface area contributed by atoms with E-state index in [1.165, 1.54) is 10.9 Å². The zero-order valence-corrected chi connectivity index (χ0v) is 13.2. The first-order valence-corrected chi connectivity index (χ1v) is 7.06. The average molecular weight is 343 g/mol. The smallest absolute Gasteiger partial charge is 0.132 e. The summed E-state index contributed by atoms with van der Waals surface area (Å²) in [5.74, 6) is 1.13. The second-order valence-electron chi connectivity index (χ2n) is 4.70. The van der Waals surface area contributed by atoms with Crippen molar-refractivity contribution in [1.82, 2.24) is 10.3 Å². The van der Waals surface area contributed by atoms with E-state index in [9.17, 15) is 0 Å². The maximum absolute atomic E-state index is 4.83. The number of hydrogen-bond donors (Lipinski definition) is 1. The highest BCUT2D eigenvalue weighted by molar-refractivity contribution is 9.10. The molecule has 3 nitrogen and oxygen atoms in total. The van der Waals surface area contributed by atoms with Crippen LogP contribution in [0.25, 0.3) is 10.9 Å². The summed E-state index contributed by atoms with van der Waals surface area (Å²) in [5.41, 5.74) is 2.32. The Morgan fingerprint density at radius 3 is 2.68 bits per heavy atom. The van der Waals surface area contributed by atoms with Crippen LogP contribution in [0.3, 0.4) is 0 Å². The fourth-order valence-electron chi connectivity index (χ4n) is 2.43. The molecule has 0 aliphatic carbocycles. The molecule has 0 amide bonds. The van der Waals surface area contributed by atoms with Crippen LogP contribution in [-0.4, -0.2) is 31.2 Å². The molecule has 1 aromatic carbocycles. The number of piperazine rings is 1. The third-order valence-corrected chi connectivity index (χ3v) is 3.85. The molecule has 0 bridgehead atoms. The summed E-state index contributed by atoms with van der Waals surface area (Å²) in [7, 11) is 0. The van der Waals surface area contributed by atoms with Crippen LogP contribution in [-0.2, 0) is 0 Å². The van der Waals surface area contributed by atoms with Gasteiger partial charge in [0.25, 0.3) is 0 Å². The molecule has 0 spiro atoms. The summed E-state index contributed by atoms with van der Waals surface area (Å²) in [6.45, 7) is 6.29. The van der Waals surface area contributed by atoms with Crippen molar-refractivity contribution in [2.24, 2.45) is 0 Å². The molecular weight excluding hydrogens is 326 g/mol. The highest BCUT2D eigenvalue weighted by Crippen LogP contribution is 2.25. The van der Waals surface area contributed by atoms with Gasteiger partial charge in [-0.3, -0.25) is 0 Å². The molecule has 0 radical (unpaired) electrons. The molecule has 102 valence electrons. The standard InChI is InChI=1S/C14H16BrN3.ClH/c1-10-8-11-2-3-12(15)9-13(11)17-14(10)18-6-4-16-5-7-18;/h2-3,8-9,16H,4-7H2,1H3;1H. The number of nitrogens with one attached hydrogen (secondary N) is 1. The minimum atomic E-state index is 0. The van der Waals surface area contributed by atoms with Gasteiger partial charge in [0.05, 0.1) is 5.52 Å². The summed E-state index contributed by atoms with van der Waals surface area (Å²) in [5, 5.41) is 4.58. The quantitative estimate of drug-likeness (QED) is 0.863. The van der Waals surface area contributed by atoms with Gasteiger partial charge in [-0.25, -0.2) is 4.98 Å². The van der Waals surface area contributed by atoms with Crippen LogP contribution in [0.2, 0.25) is 0 Å². The lowest BCUT2D eigenvalue weighted by molar-refractivity contribution is 0.584. The molecule has 19 heavy (non-hydrogen) atoms. The fraction of sp³-hybridized carbons (Fsp3) is 0.357. The second kappa shape index (κ2) is 6.07. The summed E-state index contributed by atoms with van der Waals surface area (Å²) < 4.78 is 1.08. The van der Waals surface area contributed by atoms with Crippen molar-refractivity contribution in [3.63, 3.8) is 0 Å². The van der Waals surface area contributed by atoms with Crippen molar-refractivity contribution in [1.29, 1.82) is 0 Å². The maximum Gasteiger partial charge on any atom is 0.132 e. The molecule has 1 saturated heterocycles. The highest BCUT2D eigenvalue weighted by Gasteiger charge is 2.14. The van der Waals surface area contributed by atoms with E-state index >= 15 is 0 Å². The fourth-order valence-corrected chi connectivity index (χ4v) is 2.78. The van der Waals surface area contributed by atoms with Crippen LogP contribution in [0.15, 0.2) is 28.7 Å². The number of halogens is 2. The van der Waals surface area contributed by atoms with Crippen molar-refractivity contribution in [2.45, 2.75) is 6.92 Å². The lowest BCUT2D eigenvalue weighted by Crippen LogP contribution is -2.44. The predicted molar refractivity (Wildman–Crippen MR) is 86.5 cm³/mol. The monoisotopic (exact) mass is 341 g/mol. The number of nitrogens with zero attached hydrogens (tertiary/aromatic N) is 2. The van der Waals surface area contributed by atoms with E-state index in [1.807, 2.05) is 0 Å². The second-order valence-corrected chi connectivity index (χ2v) is 5.62. The van der Waals surface area contributed by atoms with Crippen molar-refractivity contribution in [3.05, 3.63) is 34.3 Å². The lowest BCUT2D eigenvalue weighted by atomic mass is 10.1. The molecule has 0 unspecified atom stereocenters. The van der Waals surface area contributed by atoms with Gasteiger partial charge in [0.15, 0.2) is 0 Å². The Hall–Kier alpha value is -0.840. The van der Waals surface area contributed by atoms with Gasteiger partial charge in [0, 0.05) is 36.0 Å². The Kier molecular flexibility index (Phi) is 4.66. The van der Waals surface area contributed by atoms with Gasteiger partial charge >= 0.3 is 0 Å². The van der Waals surface area contributed by atoms with E-state index < -0.39 is 0 Å². The number of aryl methyl sites for hydroxylation is 1. The third-order valence-electron chi connectivity index (χ3n) is 3.36. The van der Waals surface area contributed by atoms with E-state index in [0.717, 1.165) is 42.0 Å². The molecule has 1 fully saturated rings. The van der Waals surface area contributed by atoms with E-state index in [2.05, 4.69) is 57.3 Å². The zero-order valence-electron chi connectivity index (χ0n) is 10.8. The molecular formula is C14H17BrClN3. The molecule has 5 heteroatoms. The number of rotatable bonds is 1. The number of fused-ring (bicyclic) bond motifs is 1. The van der Waals surface area contributed by atoms with Crippen LogP contribution in [0, 0.1) is 6.92 Å². The van der Waals surface area contributed by atoms with Gasteiger partial charge in [-0.15, -0.1) is 12.4 Å². The van der Waals surface area contributed by atoms with Crippen molar-refractivity contribution in [2.75, 3.05) is 31.1 Å². The third kappa shape index (κ3) is 3.02. The maximum atomic E-state index is 4.83. The molecule has 2 heterocycles. The van der Waals surface area contributed by atoms with Crippen LogP contribution >= 0.6 is 28.3 Å². The Morgan fingerprint density at radius 2 is 1.95 bits per heavy atom. The normalized spacial score (nSPS) is 15.4. The summed E-state index contributed by atoms with van der Waals surface area (Å²) in [6, 6.07) is 8.49. The Balaban J connectivity index is 0.00000133. The zero-order chi connectivity index (χ0) is 12.5. The van der Waals surface area contributed by atoms with Gasteiger partial charge in [0.2, 0.25) is 0 Å². The molecule has 2 aromatic rings. The molecule has 3 rings (SSSR count). The van der Waals surface area contributed by atoms with Gasteiger partial charge in [-0.2, -0.15) is 0 Å². The van der Waals surface area contributed by atoms with E-state index in [0.29, 0.717) is 0 Å². The topological polar surface area (TPSA) is 28.2 Å². The largest absolute Gasteiger partial charge is 0.354 e. The van der Waals surface area contributed by atoms with E-state index in [4.69, 9.17) is 4.98 Å². The molecule has 1 aliphatic rings. The SMILES string of the molecule is Cc1cc2ccc(Br)cc2nc1N1CCNCC1.Cl. The summed E-state index contributed by atoms with van der Waals surface area (Å²) in [4.78, 5) is 7.19. The number of benzene rings is 1. The van der Waals surface area contributed by atoms with Gasteiger partial charge in [-0.05, 0) is 30.7 Å². The van der Waals surface area contributed by atoms with Crippen LogP contribution in [0.1, 0.15) is 5.56 Å². The van der Waals surface area contributed by atoms with E-state index in [-0.39, 0.29) is 12.4 Å². The first kappa shape index (κ1) is 14.6. The number of aromatic nitrogens is 1. The number of hydrogen-bond acceptors (Lipinski definition) is 3. The first-order chi connectivity index (χ1) is 8.74. The van der Waals surface area contributed by atoms with Gasteiger partial charge in [0.1, 0.15) is 5.82 Å². The van der Waals surface area contributed by atoms with Gasteiger partial charge < -0.3 is 10.2 Å². The van der Waals surface area contributed by atoms with Crippen LogP contribution in [0.5, 0.6) is 0 Å². The Bertz CT molecular complexity index is 582. The van der Waals surface area contributed by atoms with Crippen molar-refractivity contribution < 1.29 is 0 Å². The van der Waals surface area contributed by atoms with Crippen molar-refractivity contribution in [3.8, 4) is 0 Å². The molecule has 0 saturated carbocycles. The highest BCUT2D eigenvalue weighted by atomic mass is 79.9. The first-order valence-electron chi connectivity index (χ1n) is 6.26. The van der Waals surface area contributed by atoms with Gasteiger partial charge in [-0.1, -0.05) is 22.0 Å². The Morgan fingerprint density at radius 1 is 1.21 bits per heavy atom. The molecule has 1 aliphatic heterocycles. The molecule has 1 N–H and O–H groups in total. The van der Waals surface area contributed by atoms with Crippen LogP contribution < -0.4 is 10.2 Å². The number of pyridine rings is 1. The minimum Gasteiger partial charge on any atom is -0.354 e.